The third kappa shape index (κ3) is 5.24. The predicted octanol–water partition coefficient (Wildman–Crippen LogP) is 2.78. The number of nitrogens with one attached hydrogen (secondary N) is 1. The SMILES string of the molecule is O=C(CCC(=O)c1ccc(F)cc1)NCC(O)c1ccc(F)cc1. The number of rotatable bonds is 7. The van der Waals surface area contributed by atoms with Crippen molar-refractivity contribution < 1.29 is 23.5 Å². The maximum atomic E-state index is 12.8. The Bertz CT molecular complexity index is 699. The summed E-state index contributed by atoms with van der Waals surface area (Å²) in [6.07, 6.45) is -1.00. The van der Waals surface area contributed by atoms with Crippen LogP contribution >= 0.6 is 0 Å². The first-order valence-corrected chi connectivity index (χ1v) is 7.44. The van der Waals surface area contributed by atoms with Crippen LogP contribution in [0.2, 0.25) is 0 Å². The fraction of sp³-hybridized carbons (Fsp3) is 0.222. The number of aliphatic hydroxyl groups is 1. The first-order chi connectivity index (χ1) is 11.5. The smallest absolute Gasteiger partial charge is 0.220 e. The van der Waals surface area contributed by atoms with Gasteiger partial charge in [0.05, 0.1) is 6.10 Å². The highest BCUT2D eigenvalue weighted by atomic mass is 19.1. The Hall–Kier alpha value is -2.60. The van der Waals surface area contributed by atoms with Crippen molar-refractivity contribution in [2.45, 2.75) is 18.9 Å². The molecule has 2 aromatic carbocycles. The van der Waals surface area contributed by atoms with Crippen LogP contribution in [0.3, 0.4) is 0 Å². The molecule has 1 unspecified atom stereocenters. The van der Waals surface area contributed by atoms with E-state index >= 15 is 0 Å². The maximum Gasteiger partial charge on any atom is 0.220 e. The average molecular weight is 333 g/mol. The number of Topliss-reactive ketones (excluding diaryl/α,β-unsaturated/α-hetero) is 1. The lowest BCUT2D eigenvalue weighted by molar-refractivity contribution is -0.121. The second-order valence-electron chi connectivity index (χ2n) is 5.30. The summed E-state index contributed by atoms with van der Waals surface area (Å²) in [5.74, 6) is -1.48. The van der Waals surface area contributed by atoms with Crippen molar-refractivity contribution in [2.24, 2.45) is 0 Å². The summed E-state index contributed by atoms with van der Waals surface area (Å²) in [6.45, 7) is -0.0325. The molecule has 24 heavy (non-hydrogen) atoms. The molecule has 2 rings (SSSR count). The summed E-state index contributed by atoms with van der Waals surface area (Å²) in [5.41, 5.74) is 0.828. The van der Waals surface area contributed by atoms with Crippen LogP contribution in [0.1, 0.15) is 34.9 Å². The van der Waals surface area contributed by atoms with Crippen LogP contribution in [0, 0.1) is 11.6 Å². The van der Waals surface area contributed by atoms with Crippen LogP contribution in [0.25, 0.3) is 0 Å². The van der Waals surface area contributed by atoms with E-state index in [1.807, 2.05) is 0 Å². The van der Waals surface area contributed by atoms with Gasteiger partial charge in [-0.05, 0) is 42.0 Å². The Morgan fingerprint density at radius 1 is 0.917 bits per heavy atom. The van der Waals surface area contributed by atoms with Gasteiger partial charge < -0.3 is 10.4 Å². The molecule has 0 saturated heterocycles. The highest BCUT2D eigenvalue weighted by Gasteiger charge is 2.12. The van der Waals surface area contributed by atoms with Crippen molar-refractivity contribution in [2.75, 3.05) is 6.54 Å². The van der Waals surface area contributed by atoms with Crippen LogP contribution in [0.15, 0.2) is 48.5 Å². The summed E-state index contributed by atoms with van der Waals surface area (Å²) in [4.78, 5) is 23.6. The van der Waals surface area contributed by atoms with Gasteiger partial charge in [-0.2, -0.15) is 0 Å². The maximum absolute atomic E-state index is 12.8. The lowest BCUT2D eigenvalue weighted by Crippen LogP contribution is -2.28. The summed E-state index contributed by atoms with van der Waals surface area (Å²) in [7, 11) is 0. The molecule has 0 heterocycles. The minimum atomic E-state index is -0.956. The van der Waals surface area contributed by atoms with Gasteiger partial charge in [-0.25, -0.2) is 8.78 Å². The van der Waals surface area contributed by atoms with E-state index in [-0.39, 0.29) is 31.1 Å². The molecule has 1 atom stereocenters. The highest BCUT2D eigenvalue weighted by Crippen LogP contribution is 2.12. The predicted molar refractivity (Wildman–Crippen MR) is 84.3 cm³/mol. The van der Waals surface area contributed by atoms with Gasteiger partial charge >= 0.3 is 0 Å². The normalized spacial score (nSPS) is 11.8. The molecule has 0 aromatic heterocycles. The zero-order chi connectivity index (χ0) is 17.5. The molecule has 4 nitrogen and oxygen atoms in total. The van der Waals surface area contributed by atoms with E-state index < -0.39 is 17.7 Å². The number of carbonyl (C=O) groups excluding carboxylic acids is 2. The summed E-state index contributed by atoms with van der Waals surface area (Å²) >= 11 is 0. The number of benzene rings is 2. The van der Waals surface area contributed by atoms with E-state index in [1.54, 1.807) is 0 Å². The zero-order valence-electron chi connectivity index (χ0n) is 12.8. The molecule has 0 aliphatic rings. The Kier molecular flexibility index (Phi) is 6.14. The van der Waals surface area contributed by atoms with Crippen LogP contribution < -0.4 is 5.32 Å². The molecule has 0 bridgehead atoms. The quantitative estimate of drug-likeness (QED) is 0.766. The van der Waals surface area contributed by atoms with E-state index in [0.29, 0.717) is 11.1 Å². The van der Waals surface area contributed by atoms with E-state index in [4.69, 9.17) is 0 Å². The Morgan fingerprint density at radius 2 is 1.46 bits per heavy atom. The second kappa shape index (κ2) is 8.31. The van der Waals surface area contributed by atoms with Crippen LogP contribution in [-0.2, 0) is 4.79 Å². The van der Waals surface area contributed by atoms with E-state index in [0.717, 1.165) is 0 Å². The molecule has 0 aliphatic heterocycles. The molecule has 0 aliphatic carbocycles. The highest BCUT2D eigenvalue weighted by molar-refractivity contribution is 5.97. The Balaban J connectivity index is 1.75. The largest absolute Gasteiger partial charge is 0.387 e. The first-order valence-electron chi connectivity index (χ1n) is 7.44. The van der Waals surface area contributed by atoms with Gasteiger partial charge in [0.15, 0.2) is 5.78 Å². The topological polar surface area (TPSA) is 66.4 Å². The van der Waals surface area contributed by atoms with Crippen molar-refractivity contribution in [1.29, 1.82) is 0 Å². The van der Waals surface area contributed by atoms with Crippen molar-refractivity contribution in [3.63, 3.8) is 0 Å². The molecular formula is C18H17F2NO3. The molecule has 0 radical (unpaired) electrons. The minimum Gasteiger partial charge on any atom is -0.387 e. The molecule has 2 aromatic rings. The molecule has 0 fully saturated rings. The molecule has 0 saturated carbocycles. The summed E-state index contributed by atoms with van der Waals surface area (Å²) in [5, 5.41) is 12.4. The molecule has 6 heteroatoms. The third-order valence-corrected chi connectivity index (χ3v) is 3.49. The summed E-state index contributed by atoms with van der Waals surface area (Å²) < 4.78 is 25.6. The number of amides is 1. The van der Waals surface area contributed by atoms with Gasteiger partial charge in [0.25, 0.3) is 0 Å². The van der Waals surface area contributed by atoms with E-state index in [1.165, 1.54) is 48.5 Å². The molecule has 1 amide bonds. The van der Waals surface area contributed by atoms with Crippen molar-refractivity contribution in [1.82, 2.24) is 5.32 Å². The van der Waals surface area contributed by atoms with Gasteiger partial charge in [-0.1, -0.05) is 12.1 Å². The standard InChI is InChI=1S/C18H17F2NO3/c19-14-5-1-12(2-6-14)16(22)9-10-18(24)21-11-17(23)13-3-7-15(20)8-4-13/h1-8,17,23H,9-11H2,(H,21,24). The van der Waals surface area contributed by atoms with Crippen LogP contribution in [-0.4, -0.2) is 23.3 Å². The van der Waals surface area contributed by atoms with Gasteiger partial charge in [0, 0.05) is 24.9 Å². The second-order valence-corrected chi connectivity index (χ2v) is 5.30. The van der Waals surface area contributed by atoms with Gasteiger partial charge in [0.1, 0.15) is 11.6 Å². The van der Waals surface area contributed by atoms with Gasteiger partial charge in [-0.3, -0.25) is 9.59 Å². The van der Waals surface area contributed by atoms with Crippen molar-refractivity contribution in [3.05, 3.63) is 71.3 Å². The number of hydrogen-bond acceptors (Lipinski definition) is 3. The fourth-order valence-corrected chi connectivity index (χ4v) is 2.11. The number of carbonyl (C=O) groups is 2. The molecule has 2 N–H and O–H groups in total. The third-order valence-electron chi connectivity index (χ3n) is 3.49. The number of ketones is 1. The molecule has 126 valence electrons. The Morgan fingerprint density at radius 3 is 2.04 bits per heavy atom. The molecular weight excluding hydrogens is 316 g/mol. The molecule has 0 spiro atoms. The average Bonchev–Trinajstić information content (AvgIpc) is 2.58. The van der Waals surface area contributed by atoms with E-state index in [9.17, 15) is 23.5 Å². The van der Waals surface area contributed by atoms with Gasteiger partial charge in [-0.15, -0.1) is 0 Å². The number of halogens is 2. The van der Waals surface area contributed by atoms with E-state index in [2.05, 4.69) is 5.32 Å². The van der Waals surface area contributed by atoms with Crippen molar-refractivity contribution >= 4 is 11.7 Å². The lowest BCUT2D eigenvalue weighted by Gasteiger charge is -2.12. The summed E-state index contributed by atoms with van der Waals surface area (Å²) in [6, 6.07) is 10.4. The Labute approximate surface area is 138 Å². The van der Waals surface area contributed by atoms with Gasteiger partial charge in [0.2, 0.25) is 5.91 Å². The monoisotopic (exact) mass is 333 g/mol. The van der Waals surface area contributed by atoms with Crippen LogP contribution in [0.4, 0.5) is 8.78 Å². The number of hydrogen-bond donors (Lipinski definition) is 2. The fourth-order valence-electron chi connectivity index (χ4n) is 2.11. The lowest BCUT2D eigenvalue weighted by atomic mass is 10.1. The van der Waals surface area contributed by atoms with Crippen LogP contribution in [0.5, 0.6) is 0 Å². The minimum absolute atomic E-state index is 0.00981. The first kappa shape index (κ1) is 17.7. The number of aliphatic hydroxyl groups excluding tert-OH is 1. The zero-order valence-corrected chi connectivity index (χ0v) is 12.8. The van der Waals surface area contributed by atoms with Crippen molar-refractivity contribution in [3.8, 4) is 0 Å².